The van der Waals surface area contributed by atoms with E-state index in [-0.39, 0.29) is 29.5 Å². The summed E-state index contributed by atoms with van der Waals surface area (Å²) in [4.78, 5) is 24.8. The topological polar surface area (TPSA) is 67.4 Å². The predicted molar refractivity (Wildman–Crippen MR) is 114 cm³/mol. The maximum absolute atomic E-state index is 13.6. The molecule has 0 radical (unpaired) electrons. The van der Waals surface area contributed by atoms with Crippen molar-refractivity contribution in [2.24, 2.45) is 0 Å². The molecule has 5 nitrogen and oxygen atoms in total. The van der Waals surface area contributed by atoms with Crippen LogP contribution >= 0.6 is 15.9 Å². The van der Waals surface area contributed by atoms with Crippen LogP contribution in [0.3, 0.4) is 0 Å². The number of rotatable bonds is 6. The number of benzene rings is 3. The Bertz CT molecular complexity index is 1060. The number of anilines is 2. The largest absolute Gasteiger partial charge is 0.483 e. The van der Waals surface area contributed by atoms with Gasteiger partial charge >= 0.3 is 0 Å². The van der Waals surface area contributed by atoms with Gasteiger partial charge in [0.1, 0.15) is 11.6 Å². The van der Waals surface area contributed by atoms with Crippen molar-refractivity contribution in [2.45, 2.75) is 6.92 Å². The fraction of sp³-hybridized carbons (Fsp3) is 0.0909. The minimum atomic E-state index is -0.537. The van der Waals surface area contributed by atoms with Crippen molar-refractivity contribution in [3.8, 4) is 5.75 Å². The zero-order valence-corrected chi connectivity index (χ0v) is 17.1. The molecule has 2 amide bonds. The van der Waals surface area contributed by atoms with Gasteiger partial charge in [0, 0.05) is 10.2 Å². The van der Waals surface area contributed by atoms with Gasteiger partial charge in [-0.1, -0.05) is 40.2 Å². The summed E-state index contributed by atoms with van der Waals surface area (Å²) in [6.45, 7) is 1.52. The number of carbonyl (C=O) groups is 2. The number of nitrogens with one attached hydrogen (secondary N) is 2. The van der Waals surface area contributed by atoms with E-state index in [4.69, 9.17) is 4.74 Å². The lowest BCUT2D eigenvalue weighted by Gasteiger charge is -2.13. The van der Waals surface area contributed by atoms with Gasteiger partial charge in [0.05, 0.1) is 11.3 Å². The molecule has 0 aliphatic carbocycles. The van der Waals surface area contributed by atoms with Crippen molar-refractivity contribution < 1.29 is 18.7 Å². The van der Waals surface area contributed by atoms with Crippen molar-refractivity contribution in [1.82, 2.24) is 0 Å². The molecule has 0 aliphatic rings. The first-order chi connectivity index (χ1) is 13.9. The minimum absolute atomic E-state index is 0.0674. The fourth-order valence-corrected chi connectivity index (χ4v) is 3.10. The van der Waals surface area contributed by atoms with Gasteiger partial charge in [-0.3, -0.25) is 9.59 Å². The van der Waals surface area contributed by atoms with Crippen molar-refractivity contribution in [3.63, 3.8) is 0 Å². The number of para-hydroxylation sites is 2. The molecule has 7 heteroatoms. The second kappa shape index (κ2) is 9.34. The molecule has 29 heavy (non-hydrogen) atoms. The molecule has 0 aromatic heterocycles. The first kappa shape index (κ1) is 20.5. The van der Waals surface area contributed by atoms with E-state index in [0.717, 1.165) is 10.0 Å². The highest BCUT2D eigenvalue weighted by Gasteiger charge is 2.15. The summed E-state index contributed by atoms with van der Waals surface area (Å²) in [7, 11) is 0. The van der Waals surface area contributed by atoms with Gasteiger partial charge in [-0.2, -0.15) is 0 Å². The Hall–Kier alpha value is -3.19. The van der Waals surface area contributed by atoms with Crippen LogP contribution in [0.25, 0.3) is 0 Å². The maximum Gasteiger partial charge on any atom is 0.262 e. The van der Waals surface area contributed by atoms with Crippen molar-refractivity contribution in [2.75, 3.05) is 17.2 Å². The van der Waals surface area contributed by atoms with Gasteiger partial charge in [0.15, 0.2) is 6.61 Å². The van der Waals surface area contributed by atoms with Crippen LogP contribution in [0.5, 0.6) is 5.75 Å². The Labute approximate surface area is 176 Å². The Morgan fingerprint density at radius 2 is 1.69 bits per heavy atom. The molecule has 0 saturated carbocycles. The summed E-state index contributed by atoms with van der Waals surface area (Å²) < 4.78 is 20.1. The molecule has 0 spiro atoms. The molecule has 0 atom stereocenters. The molecule has 0 saturated heterocycles. The quantitative estimate of drug-likeness (QED) is 0.537. The molecule has 3 aromatic rings. The summed E-state index contributed by atoms with van der Waals surface area (Å²) in [6, 6.07) is 18.0. The molecular formula is C22H18BrFN2O3. The fourth-order valence-electron chi connectivity index (χ4n) is 2.63. The second-order valence-corrected chi connectivity index (χ2v) is 7.14. The van der Waals surface area contributed by atoms with E-state index in [2.05, 4.69) is 26.6 Å². The van der Waals surface area contributed by atoms with Gasteiger partial charge in [0.2, 0.25) is 0 Å². The predicted octanol–water partition coefficient (Wildman–Crippen LogP) is 5.17. The number of aryl methyl sites for hydroxylation is 1. The van der Waals surface area contributed by atoms with Crippen LogP contribution in [-0.4, -0.2) is 18.4 Å². The molecule has 3 rings (SSSR count). The van der Waals surface area contributed by atoms with Gasteiger partial charge in [0.25, 0.3) is 11.8 Å². The highest BCUT2D eigenvalue weighted by Crippen LogP contribution is 2.23. The first-order valence-corrected chi connectivity index (χ1v) is 9.57. The summed E-state index contributed by atoms with van der Waals surface area (Å²) in [5, 5.41) is 5.28. The number of hydrogen-bond donors (Lipinski definition) is 2. The maximum atomic E-state index is 13.6. The van der Waals surface area contributed by atoms with Crippen LogP contribution in [0.2, 0.25) is 0 Å². The highest BCUT2D eigenvalue weighted by atomic mass is 79.9. The molecular weight excluding hydrogens is 439 g/mol. The third-order valence-electron chi connectivity index (χ3n) is 4.08. The van der Waals surface area contributed by atoms with Crippen molar-refractivity contribution in [1.29, 1.82) is 0 Å². The number of halogens is 2. The van der Waals surface area contributed by atoms with E-state index in [1.807, 2.05) is 19.1 Å². The van der Waals surface area contributed by atoms with E-state index in [1.54, 1.807) is 36.4 Å². The van der Waals surface area contributed by atoms with Gasteiger partial charge < -0.3 is 15.4 Å². The van der Waals surface area contributed by atoms with Gasteiger partial charge in [-0.25, -0.2) is 4.39 Å². The van der Waals surface area contributed by atoms with Crippen molar-refractivity contribution >= 4 is 39.1 Å². The standard InChI is InChI=1S/C22H18BrFN2O3/c1-14-12-15(23)10-11-18(14)26-22(28)16-6-2-5-9-20(16)29-13-21(27)25-19-8-4-3-7-17(19)24/h2-12H,13H2,1H3,(H,25,27)(H,26,28). The van der Waals surface area contributed by atoms with Gasteiger partial charge in [-0.05, 0) is 55.0 Å². The summed E-state index contributed by atoms with van der Waals surface area (Å²) in [6.07, 6.45) is 0. The van der Waals surface area contributed by atoms with Crippen LogP contribution in [0.4, 0.5) is 15.8 Å². The summed E-state index contributed by atoms with van der Waals surface area (Å²) in [5.41, 5.74) is 1.92. The average Bonchev–Trinajstić information content (AvgIpc) is 2.70. The summed E-state index contributed by atoms with van der Waals surface area (Å²) >= 11 is 3.39. The average molecular weight is 457 g/mol. The lowest BCUT2D eigenvalue weighted by Crippen LogP contribution is -2.22. The zero-order valence-electron chi connectivity index (χ0n) is 15.5. The van der Waals surface area contributed by atoms with Crippen LogP contribution < -0.4 is 15.4 Å². The van der Waals surface area contributed by atoms with Crippen LogP contribution in [-0.2, 0) is 4.79 Å². The number of hydrogen-bond acceptors (Lipinski definition) is 3. The summed E-state index contributed by atoms with van der Waals surface area (Å²) in [5.74, 6) is -1.18. The second-order valence-electron chi connectivity index (χ2n) is 6.23. The van der Waals surface area contributed by atoms with E-state index < -0.39 is 11.7 Å². The Morgan fingerprint density at radius 1 is 0.966 bits per heavy atom. The highest BCUT2D eigenvalue weighted by molar-refractivity contribution is 9.10. The van der Waals surface area contributed by atoms with Gasteiger partial charge in [-0.15, -0.1) is 0 Å². The molecule has 0 aliphatic heterocycles. The van der Waals surface area contributed by atoms with E-state index >= 15 is 0 Å². The molecule has 3 aromatic carbocycles. The third kappa shape index (κ3) is 5.42. The lowest BCUT2D eigenvalue weighted by molar-refractivity contribution is -0.118. The smallest absolute Gasteiger partial charge is 0.262 e. The van der Waals surface area contributed by atoms with E-state index in [0.29, 0.717) is 5.69 Å². The lowest BCUT2D eigenvalue weighted by atomic mass is 10.1. The minimum Gasteiger partial charge on any atom is -0.483 e. The Kier molecular flexibility index (Phi) is 6.61. The molecule has 0 heterocycles. The SMILES string of the molecule is Cc1cc(Br)ccc1NC(=O)c1ccccc1OCC(=O)Nc1ccccc1F. The molecule has 2 N–H and O–H groups in total. The van der Waals surface area contributed by atoms with Crippen LogP contribution in [0.1, 0.15) is 15.9 Å². The first-order valence-electron chi connectivity index (χ1n) is 8.78. The van der Waals surface area contributed by atoms with E-state index in [9.17, 15) is 14.0 Å². The number of amides is 2. The molecule has 0 unspecified atom stereocenters. The van der Waals surface area contributed by atoms with Crippen molar-refractivity contribution in [3.05, 3.63) is 88.1 Å². The third-order valence-corrected chi connectivity index (χ3v) is 4.57. The van der Waals surface area contributed by atoms with Crippen LogP contribution in [0.15, 0.2) is 71.2 Å². The Morgan fingerprint density at radius 3 is 2.45 bits per heavy atom. The molecule has 0 bridgehead atoms. The monoisotopic (exact) mass is 456 g/mol. The molecule has 0 fully saturated rings. The molecule has 148 valence electrons. The Balaban J connectivity index is 1.67. The number of ether oxygens (including phenoxy) is 1. The number of carbonyl (C=O) groups excluding carboxylic acids is 2. The zero-order chi connectivity index (χ0) is 20.8. The van der Waals surface area contributed by atoms with Crippen LogP contribution in [0, 0.1) is 12.7 Å². The normalized spacial score (nSPS) is 10.3. The van der Waals surface area contributed by atoms with E-state index in [1.165, 1.54) is 18.2 Å².